The third-order valence-electron chi connectivity index (χ3n) is 2.03. The van der Waals surface area contributed by atoms with E-state index in [1.54, 1.807) is 12.0 Å². The Labute approximate surface area is 108 Å². The lowest BCUT2D eigenvalue weighted by Gasteiger charge is -2.17. The fourth-order valence-corrected chi connectivity index (χ4v) is 1.19. The van der Waals surface area contributed by atoms with Gasteiger partial charge in [-0.2, -0.15) is 0 Å². The first kappa shape index (κ1) is 16.9. The van der Waals surface area contributed by atoms with E-state index in [4.69, 9.17) is 25.7 Å². The molecule has 1 N–H and O–H groups in total. The van der Waals surface area contributed by atoms with Gasteiger partial charge in [-0.1, -0.05) is 5.92 Å². The average molecular weight is 259 g/mol. The minimum Gasteiger partial charge on any atom is -0.480 e. The first-order valence-corrected chi connectivity index (χ1v) is 5.72. The van der Waals surface area contributed by atoms with Crippen LogP contribution >= 0.6 is 0 Å². The Morgan fingerprint density at radius 1 is 1.22 bits per heavy atom. The van der Waals surface area contributed by atoms with E-state index in [2.05, 4.69) is 5.92 Å². The minimum atomic E-state index is -0.895. The number of hydrogen-bond acceptors (Lipinski definition) is 5. The molecule has 0 fully saturated rings. The molecule has 104 valence electrons. The van der Waals surface area contributed by atoms with Crippen molar-refractivity contribution in [3.8, 4) is 12.3 Å². The highest BCUT2D eigenvalue weighted by molar-refractivity contribution is 5.69. The van der Waals surface area contributed by atoms with Crippen LogP contribution in [0.5, 0.6) is 0 Å². The Morgan fingerprint density at radius 2 is 1.83 bits per heavy atom. The molecule has 0 atom stereocenters. The quantitative estimate of drug-likeness (QED) is 0.383. The van der Waals surface area contributed by atoms with E-state index in [0.29, 0.717) is 46.1 Å². The Morgan fingerprint density at radius 3 is 2.39 bits per heavy atom. The van der Waals surface area contributed by atoms with E-state index in [-0.39, 0.29) is 6.54 Å². The molecule has 0 aromatic rings. The molecule has 0 saturated carbocycles. The zero-order valence-corrected chi connectivity index (χ0v) is 10.8. The predicted octanol–water partition coefficient (Wildman–Crippen LogP) is -0.314. The lowest BCUT2D eigenvalue weighted by Crippen LogP contribution is -2.33. The van der Waals surface area contributed by atoms with Crippen molar-refractivity contribution < 1.29 is 24.1 Å². The molecule has 6 heteroatoms. The first-order valence-electron chi connectivity index (χ1n) is 5.72. The molecule has 0 aromatic heterocycles. The summed E-state index contributed by atoms with van der Waals surface area (Å²) in [5, 5.41) is 8.65. The van der Waals surface area contributed by atoms with Crippen molar-refractivity contribution in [1.82, 2.24) is 4.90 Å². The Bertz CT molecular complexity index is 251. The molecule has 0 heterocycles. The zero-order chi connectivity index (χ0) is 13.6. The normalized spacial score (nSPS) is 10.5. The molecule has 0 rings (SSSR count). The predicted molar refractivity (Wildman–Crippen MR) is 66.4 cm³/mol. The number of rotatable bonds is 12. The molecule has 0 aromatic carbocycles. The van der Waals surface area contributed by atoms with Gasteiger partial charge < -0.3 is 19.3 Å². The average Bonchev–Trinajstić information content (AvgIpc) is 2.32. The number of hydrogen-bond donors (Lipinski definition) is 1. The number of aliphatic carboxylic acids is 1. The third-order valence-corrected chi connectivity index (χ3v) is 2.03. The van der Waals surface area contributed by atoms with Gasteiger partial charge in [0.05, 0.1) is 46.1 Å². The van der Waals surface area contributed by atoms with Crippen LogP contribution in [0.1, 0.15) is 0 Å². The van der Waals surface area contributed by atoms with Crippen LogP contribution in [0.4, 0.5) is 0 Å². The van der Waals surface area contributed by atoms with Crippen LogP contribution < -0.4 is 0 Å². The summed E-state index contributed by atoms with van der Waals surface area (Å²) >= 11 is 0. The highest BCUT2D eigenvalue weighted by Gasteiger charge is 2.07. The second-order valence-corrected chi connectivity index (χ2v) is 3.53. The summed E-state index contributed by atoms with van der Waals surface area (Å²) in [4.78, 5) is 12.2. The largest absolute Gasteiger partial charge is 0.480 e. The minimum absolute atomic E-state index is 0.0715. The topological polar surface area (TPSA) is 68.2 Å². The summed E-state index contributed by atoms with van der Waals surface area (Å²) in [6.45, 7) is 3.24. The van der Waals surface area contributed by atoms with Gasteiger partial charge in [0.15, 0.2) is 0 Å². The molecule has 0 amide bonds. The summed E-state index contributed by atoms with van der Waals surface area (Å²) in [5.41, 5.74) is 0. The molecule has 0 aliphatic carbocycles. The summed E-state index contributed by atoms with van der Waals surface area (Å²) in [6.07, 6.45) is 5.15. The van der Waals surface area contributed by atoms with E-state index < -0.39 is 5.97 Å². The Balaban J connectivity index is 3.43. The second kappa shape index (κ2) is 12.3. The van der Waals surface area contributed by atoms with Crippen LogP contribution in [0, 0.1) is 12.3 Å². The van der Waals surface area contributed by atoms with Crippen molar-refractivity contribution in [2.75, 3.05) is 59.8 Å². The van der Waals surface area contributed by atoms with Gasteiger partial charge in [-0.05, 0) is 0 Å². The second-order valence-electron chi connectivity index (χ2n) is 3.53. The fourth-order valence-electron chi connectivity index (χ4n) is 1.19. The van der Waals surface area contributed by atoms with Crippen LogP contribution in [0.3, 0.4) is 0 Å². The van der Waals surface area contributed by atoms with Gasteiger partial charge in [0.2, 0.25) is 0 Å². The summed E-state index contributed by atoms with van der Waals surface area (Å²) in [6, 6.07) is 0. The highest BCUT2D eigenvalue weighted by Crippen LogP contribution is 1.88. The molecular formula is C12H21NO5. The number of carboxylic acid groups (broad SMARTS) is 1. The first-order chi connectivity index (χ1) is 8.70. The van der Waals surface area contributed by atoms with Gasteiger partial charge in [0.1, 0.15) is 0 Å². The SMILES string of the molecule is C#CCN(CCOCCOCCOC)CC(=O)O. The molecule has 18 heavy (non-hydrogen) atoms. The van der Waals surface area contributed by atoms with Crippen molar-refractivity contribution >= 4 is 5.97 Å². The van der Waals surface area contributed by atoms with Crippen LogP contribution in [0.25, 0.3) is 0 Å². The molecule has 0 spiro atoms. The molecule has 0 saturated heterocycles. The third kappa shape index (κ3) is 11.4. The van der Waals surface area contributed by atoms with Gasteiger partial charge in [0, 0.05) is 13.7 Å². The van der Waals surface area contributed by atoms with Gasteiger partial charge in [-0.25, -0.2) is 0 Å². The fraction of sp³-hybridized carbons (Fsp3) is 0.750. The van der Waals surface area contributed by atoms with E-state index in [9.17, 15) is 4.79 Å². The number of ether oxygens (including phenoxy) is 3. The molecule has 0 aliphatic rings. The van der Waals surface area contributed by atoms with Crippen molar-refractivity contribution in [2.45, 2.75) is 0 Å². The maximum Gasteiger partial charge on any atom is 0.317 e. The maximum absolute atomic E-state index is 10.5. The number of methoxy groups -OCH3 is 1. The van der Waals surface area contributed by atoms with Crippen LogP contribution in [-0.4, -0.2) is 75.8 Å². The zero-order valence-electron chi connectivity index (χ0n) is 10.8. The number of nitrogens with zero attached hydrogens (tertiary/aromatic N) is 1. The molecule has 0 aliphatic heterocycles. The number of carboxylic acids is 1. The summed E-state index contributed by atoms with van der Waals surface area (Å²) in [5.74, 6) is 1.52. The number of carbonyl (C=O) groups is 1. The Hall–Kier alpha value is -1.13. The van der Waals surface area contributed by atoms with Crippen molar-refractivity contribution in [1.29, 1.82) is 0 Å². The lowest BCUT2D eigenvalue weighted by atomic mass is 10.4. The van der Waals surface area contributed by atoms with E-state index in [1.165, 1.54) is 0 Å². The summed E-state index contributed by atoms with van der Waals surface area (Å²) in [7, 11) is 1.61. The molecule has 0 unspecified atom stereocenters. The monoisotopic (exact) mass is 259 g/mol. The smallest absolute Gasteiger partial charge is 0.317 e. The van der Waals surface area contributed by atoms with E-state index in [0.717, 1.165) is 0 Å². The van der Waals surface area contributed by atoms with Crippen molar-refractivity contribution in [3.05, 3.63) is 0 Å². The standard InChI is InChI=1S/C12H21NO5/c1-3-4-13(11-12(14)15)5-6-17-9-10-18-8-7-16-2/h1H,4-11H2,2H3,(H,14,15). The Kier molecular flexibility index (Phi) is 11.6. The van der Waals surface area contributed by atoms with Gasteiger partial charge in [0.25, 0.3) is 0 Å². The van der Waals surface area contributed by atoms with Crippen molar-refractivity contribution in [2.24, 2.45) is 0 Å². The van der Waals surface area contributed by atoms with Gasteiger partial charge >= 0.3 is 5.97 Å². The maximum atomic E-state index is 10.5. The van der Waals surface area contributed by atoms with Crippen LogP contribution in [0.2, 0.25) is 0 Å². The van der Waals surface area contributed by atoms with Crippen LogP contribution in [-0.2, 0) is 19.0 Å². The molecule has 0 bridgehead atoms. The summed E-state index contributed by atoms with van der Waals surface area (Å²) < 4.78 is 15.3. The highest BCUT2D eigenvalue weighted by atomic mass is 16.5. The van der Waals surface area contributed by atoms with Crippen LogP contribution in [0.15, 0.2) is 0 Å². The number of terminal acetylenes is 1. The van der Waals surface area contributed by atoms with Gasteiger partial charge in [-0.15, -0.1) is 6.42 Å². The molecule has 0 radical (unpaired) electrons. The molecular weight excluding hydrogens is 238 g/mol. The lowest BCUT2D eigenvalue weighted by molar-refractivity contribution is -0.138. The van der Waals surface area contributed by atoms with E-state index in [1.807, 2.05) is 0 Å². The van der Waals surface area contributed by atoms with Crippen molar-refractivity contribution in [3.63, 3.8) is 0 Å². The molecule has 6 nitrogen and oxygen atoms in total. The van der Waals surface area contributed by atoms with E-state index >= 15 is 0 Å². The van der Waals surface area contributed by atoms with Gasteiger partial charge in [-0.3, -0.25) is 9.69 Å².